The number of benzene rings is 1. The lowest BCUT2D eigenvalue weighted by Gasteiger charge is -2.17. The Bertz CT molecular complexity index is 775. The highest BCUT2D eigenvalue weighted by Crippen LogP contribution is 2.35. The van der Waals surface area contributed by atoms with Crippen LogP contribution in [0.25, 0.3) is 6.08 Å². The van der Waals surface area contributed by atoms with E-state index in [1.807, 2.05) is 0 Å². The summed E-state index contributed by atoms with van der Waals surface area (Å²) >= 11 is 5.71. The standard InChI is InChI=1S/C14H15ClF3NO5S/c1-4-23-13(20)6-5-9-7-11(24-14(16,17)18)10(15)8-12(9)25(21,22)19(2)3/h5-8H,4H2,1-3H3/b6-5+. The van der Waals surface area contributed by atoms with E-state index in [4.69, 9.17) is 11.6 Å². The van der Waals surface area contributed by atoms with Crippen molar-refractivity contribution < 1.29 is 35.9 Å². The van der Waals surface area contributed by atoms with Crippen LogP contribution in [-0.4, -0.2) is 45.8 Å². The first-order chi connectivity index (χ1) is 11.4. The van der Waals surface area contributed by atoms with Crippen molar-refractivity contribution in [3.8, 4) is 5.75 Å². The van der Waals surface area contributed by atoms with E-state index in [0.717, 1.165) is 28.6 Å². The van der Waals surface area contributed by atoms with Crippen molar-refractivity contribution in [1.29, 1.82) is 0 Å². The van der Waals surface area contributed by atoms with Gasteiger partial charge in [0.1, 0.15) is 5.75 Å². The molecule has 0 amide bonds. The molecule has 0 unspecified atom stereocenters. The Hall–Kier alpha value is -1.78. The van der Waals surface area contributed by atoms with Gasteiger partial charge in [0.25, 0.3) is 0 Å². The monoisotopic (exact) mass is 401 g/mol. The smallest absolute Gasteiger partial charge is 0.463 e. The van der Waals surface area contributed by atoms with E-state index in [0.29, 0.717) is 0 Å². The second kappa shape index (κ2) is 8.07. The molecule has 0 aliphatic rings. The highest BCUT2D eigenvalue weighted by atomic mass is 35.5. The molecule has 0 atom stereocenters. The molecular weight excluding hydrogens is 387 g/mol. The minimum absolute atomic E-state index is 0.0785. The van der Waals surface area contributed by atoms with Gasteiger partial charge in [0.15, 0.2) is 0 Å². The molecule has 0 aliphatic heterocycles. The average molecular weight is 402 g/mol. The fraction of sp³-hybridized carbons (Fsp3) is 0.357. The highest BCUT2D eigenvalue weighted by Gasteiger charge is 2.33. The van der Waals surface area contributed by atoms with E-state index in [1.165, 1.54) is 14.1 Å². The molecule has 0 spiro atoms. The number of sulfonamides is 1. The van der Waals surface area contributed by atoms with Gasteiger partial charge in [-0.1, -0.05) is 11.6 Å². The Morgan fingerprint density at radius 2 is 1.92 bits per heavy atom. The zero-order chi connectivity index (χ0) is 19.4. The summed E-state index contributed by atoms with van der Waals surface area (Å²) in [7, 11) is -1.57. The maximum absolute atomic E-state index is 12.4. The number of alkyl halides is 3. The Morgan fingerprint density at radius 1 is 1.32 bits per heavy atom. The summed E-state index contributed by atoms with van der Waals surface area (Å²) in [6, 6.07) is 1.60. The number of carbonyl (C=O) groups excluding carboxylic acids is 1. The fourth-order valence-electron chi connectivity index (χ4n) is 1.65. The van der Waals surface area contributed by atoms with E-state index >= 15 is 0 Å². The normalized spacial score (nSPS) is 12.6. The molecule has 0 radical (unpaired) electrons. The summed E-state index contributed by atoms with van der Waals surface area (Å²) in [4.78, 5) is 11.0. The Morgan fingerprint density at radius 3 is 2.40 bits per heavy atom. The third kappa shape index (κ3) is 5.91. The number of halogens is 4. The summed E-state index contributed by atoms with van der Waals surface area (Å²) in [6.45, 7) is 1.64. The van der Waals surface area contributed by atoms with Crippen LogP contribution in [0.2, 0.25) is 5.02 Å². The average Bonchev–Trinajstić information content (AvgIpc) is 2.46. The van der Waals surface area contributed by atoms with Crippen molar-refractivity contribution in [2.24, 2.45) is 0 Å². The fourth-order valence-corrected chi connectivity index (χ4v) is 3.00. The molecule has 1 rings (SSSR count). The van der Waals surface area contributed by atoms with E-state index in [-0.39, 0.29) is 12.2 Å². The second-order valence-electron chi connectivity index (χ2n) is 4.74. The van der Waals surface area contributed by atoms with Gasteiger partial charge in [-0.25, -0.2) is 17.5 Å². The Kier molecular flexibility index (Phi) is 6.86. The minimum Gasteiger partial charge on any atom is -0.463 e. The van der Waals surface area contributed by atoms with Gasteiger partial charge in [-0.2, -0.15) is 0 Å². The summed E-state index contributed by atoms with van der Waals surface area (Å²) in [5.74, 6) is -1.58. The van der Waals surface area contributed by atoms with Crippen molar-refractivity contribution in [3.63, 3.8) is 0 Å². The molecule has 25 heavy (non-hydrogen) atoms. The number of carbonyl (C=O) groups is 1. The Labute approximate surface area is 147 Å². The van der Waals surface area contributed by atoms with Crippen LogP contribution in [0.15, 0.2) is 23.1 Å². The molecule has 6 nitrogen and oxygen atoms in total. The first kappa shape index (κ1) is 21.3. The van der Waals surface area contributed by atoms with Gasteiger partial charge in [-0.05, 0) is 30.7 Å². The Balaban J connectivity index is 3.51. The third-order valence-electron chi connectivity index (χ3n) is 2.73. The van der Waals surface area contributed by atoms with Crippen LogP contribution in [0.3, 0.4) is 0 Å². The van der Waals surface area contributed by atoms with Crippen molar-refractivity contribution in [1.82, 2.24) is 4.31 Å². The maximum Gasteiger partial charge on any atom is 0.573 e. The molecule has 0 N–H and O–H groups in total. The summed E-state index contributed by atoms with van der Waals surface area (Å²) in [5, 5.41) is -0.550. The zero-order valence-corrected chi connectivity index (χ0v) is 15.0. The topological polar surface area (TPSA) is 72.9 Å². The van der Waals surface area contributed by atoms with Gasteiger partial charge in [0.05, 0.1) is 16.5 Å². The molecular formula is C14H15ClF3NO5S. The largest absolute Gasteiger partial charge is 0.573 e. The molecule has 11 heteroatoms. The lowest BCUT2D eigenvalue weighted by Crippen LogP contribution is -2.23. The van der Waals surface area contributed by atoms with Crippen LogP contribution in [0, 0.1) is 0 Å². The maximum atomic E-state index is 12.4. The number of hydrogen-bond donors (Lipinski definition) is 0. The van der Waals surface area contributed by atoms with E-state index in [1.54, 1.807) is 6.92 Å². The van der Waals surface area contributed by atoms with E-state index < -0.39 is 38.0 Å². The molecule has 0 saturated carbocycles. The lowest BCUT2D eigenvalue weighted by atomic mass is 10.2. The van der Waals surface area contributed by atoms with E-state index in [2.05, 4.69) is 9.47 Å². The third-order valence-corrected chi connectivity index (χ3v) is 4.90. The molecule has 0 heterocycles. The van der Waals surface area contributed by atoms with Gasteiger partial charge in [-0.3, -0.25) is 0 Å². The predicted octanol–water partition coefficient (Wildman–Crippen LogP) is 3.07. The molecule has 0 saturated heterocycles. The van der Waals surface area contributed by atoms with Crippen molar-refractivity contribution in [2.45, 2.75) is 18.2 Å². The quantitative estimate of drug-likeness (QED) is 0.541. The SMILES string of the molecule is CCOC(=O)/C=C/c1cc(OC(F)(F)F)c(Cl)cc1S(=O)(=O)N(C)C. The molecule has 1 aromatic rings. The first-order valence-electron chi connectivity index (χ1n) is 6.75. The van der Waals surface area contributed by atoms with Gasteiger partial charge in [0, 0.05) is 20.2 Å². The van der Waals surface area contributed by atoms with Crippen molar-refractivity contribution in [2.75, 3.05) is 20.7 Å². The van der Waals surface area contributed by atoms with Gasteiger partial charge in [0.2, 0.25) is 10.0 Å². The summed E-state index contributed by atoms with van der Waals surface area (Å²) < 4.78 is 71.2. The number of ether oxygens (including phenoxy) is 2. The number of nitrogens with zero attached hydrogens (tertiary/aromatic N) is 1. The lowest BCUT2D eigenvalue weighted by molar-refractivity contribution is -0.274. The molecule has 1 aromatic carbocycles. The highest BCUT2D eigenvalue weighted by molar-refractivity contribution is 7.89. The minimum atomic E-state index is -5.02. The van der Waals surface area contributed by atoms with Crippen LogP contribution < -0.4 is 4.74 Å². The van der Waals surface area contributed by atoms with Gasteiger partial charge >= 0.3 is 12.3 Å². The van der Waals surface area contributed by atoms with Crippen LogP contribution in [0.4, 0.5) is 13.2 Å². The van der Waals surface area contributed by atoms with Crippen LogP contribution in [0.5, 0.6) is 5.75 Å². The van der Waals surface area contributed by atoms with Crippen LogP contribution >= 0.6 is 11.6 Å². The molecule has 140 valence electrons. The second-order valence-corrected chi connectivity index (χ2v) is 7.27. The first-order valence-corrected chi connectivity index (χ1v) is 8.57. The summed E-state index contributed by atoms with van der Waals surface area (Å²) in [6.07, 6.45) is -3.12. The number of esters is 1. The van der Waals surface area contributed by atoms with Gasteiger partial charge < -0.3 is 9.47 Å². The zero-order valence-electron chi connectivity index (χ0n) is 13.4. The van der Waals surface area contributed by atoms with Gasteiger partial charge in [-0.15, -0.1) is 13.2 Å². The summed E-state index contributed by atoms with van der Waals surface area (Å²) in [5.41, 5.74) is -0.217. The van der Waals surface area contributed by atoms with E-state index in [9.17, 15) is 26.4 Å². The molecule has 0 bridgehead atoms. The molecule has 0 fully saturated rings. The molecule has 0 aliphatic carbocycles. The van der Waals surface area contributed by atoms with Crippen LogP contribution in [0.1, 0.15) is 12.5 Å². The number of rotatable bonds is 6. The van der Waals surface area contributed by atoms with Crippen molar-refractivity contribution >= 4 is 33.7 Å². The number of hydrogen-bond acceptors (Lipinski definition) is 5. The van der Waals surface area contributed by atoms with Crippen molar-refractivity contribution in [3.05, 3.63) is 28.8 Å². The molecule has 0 aromatic heterocycles. The predicted molar refractivity (Wildman–Crippen MR) is 84.7 cm³/mol. The van der Waals surface area contributed by atoms with Crippen LogP contribution in [-0.2, 0) is 19.6 Å².